The predicted molar refractivity (Wildman–Crippen MR) is 33.7 cm³/mol. The van der Waals surface area contributed by atoms with Gasteiger partial charge in [-0.25, -0.2) is 0 Å². The summed E-state index contributed by atoms with van der Waals surface area (Å²) in [7, 11) is 0. The van der Waals surface area contributed by atoms with Gasteiger partial charge in [-0.1, -0.05) is 0 Å². The molecule has 0 bridgehead atoms. The first kappa shape index (κ1) is 6.23. The first-order valence-electron chi connectivity index (χ1n) is 2.77. The maximum Gasteiger partial charge on any atom is 0.0890 e. The average Bonchev–Trinajstić information content (AvgIpc) is 1.89. The Bertz CT molecular complexity index is 198. The van der Waals surface area contributed by atoms with E-state index in [2.05, 4.69) is 11.2 Å². The molecule has 0 aliphatic carbocycles. The summed E-state index contributed by atoms with van der Waals surface area (Å²) < 4.78 is 0. The van der Waals surface area contributed by atoms with Gasteiger partial charge in [0.2, 0.25) is 0 Å². The van der Waals surface area contributed by atoms with Crippen molar-refractivity contribution in [2.24, 2.45) is 0 Å². The van der Waals surface area contributed by atoms with Crippen LogP contribution in [-0.4, -0.2) is 10.1 Å². The number of aliphatic hydroxyl groups is 1. The van der Waals surface area contributed by atoms with Crippen LogP contribution in [0.25, 0.3) is 0 Å². The average molecular weight is 122 g/mol. The van der Waals surface area contributed by atoms with Crippen molar-refractivity contribution < 1.29 is 5.11 Å². The maximum atomic E-state index is 8.67. The van der Waals surface area contributed by atoms with Crippen LogP contribution in [-0.2, 0) is 6.61 Å². The number of aliphatic hydroxyl groups excluding tert-OH is 1. The summed E-state index contributed by atoms with van der Waals surface area (Å²) in [6, 6.07) is 1.69. The zero-order valence-electron chi connectivity index (χ0n) is 5.26. The zero-order valence-corrected chi connectivity index (χ0v) is 5.26. The highest BCUT2D eigenvalue weighted by Crippen LogP contribution is 2.02. The van der Waals surface area contributed by atoms with Crippen LogP contribution in [0.5, 0.6) is 0 Å². The second kappa shape index (κ2) is 2.60. The van der Waals surface area contributed by atoms with Gasteiger partial charge in [0.05, 0.1) is 12.8 Å². The van der Waals surface area contributed by atoms with Crippen molar-refractivity contribution in [2.45, 2.75) is 13.5 Å². The van der Waals surface area contributed by atoms with E-state index in [0.717, 1.165) is 11.1 Å². The molecule has 1 N–H and O–H groups in total. The van der Waals surface area contributed by atoms with E-state index in [1.54, 1.807) is 12.3 Å². The highest BCUT2D eigenvalue weighted by molar-refractivity contribution is 5.19. The Morgan fingerprint density at radius 3 is 3.00 bits per heavy atom. The van der Waals surface area contributed by atoms with E-state index >= 15 is 0 Å². The fourth-order valence-electron chi connectivity index (χ4n) is 0.616. The highest BCUT2D eigenvalue weighted by atomic mass is 16.3. The molecular formula is C7H8NO. The number of nitrogens with zero attached hydrogens (tertiary/aromatic N) is 1. The third kappa shape index (κ3) is 1.27. The molecule has 0 saturated heterocycles. The molecule has 9 heavy (non-hydrogen) atoms. The molecule has 1 aromatic rings. The molecular weight excluding hydrogens is 114 g/mol. The van der Waals surface area contributed by atoms with Crippen molar-refractivity contribution in [1.29, 1.82) is 0 Å². The Morgan fingerprint density at radius 1 is 1.78 bits per heavy atom. The molecule has 0 atom stereocenters. The number of aryl methyl sites for hydroxylation is 1. The van der Waals surface area contributed by atoms with Crippen LogP contribution in [0, 0.1) is 13.1 Å². The topological polar surface area (TPSA) is 33.1 Å². The number of pyridine rings is 1. The van der Waals surface area contributed by atoms with Gasteiger partial charge in [-0.15, -0.1) is 0 Å². The fourth-order valence-corrected chi connectivity index (χ4v) is 0.616. The number of hydrogen-bond donors (Lipinski definition) is 1. The summed E-state index contributed by atoms with van der Waals surface area (Å²) in [5, 5.41) is 8.67. The lowest BCUT2D eigenvalue weighted by Crippen LogP contribution is -1.87. The minimum absolute atomic E-state index is 0.0743. The van der Waals surface area contributed by atoms with Gasteiger partial charge in [0.1, 0.15) is 0 Å². The maximum absolute atomic E-state index is 8.67. The third-order valence-corrected chi connectivity index (χ3v) is 1.25. The molecule has 1 aromatic heterocycles. The largest absolute Gasteiger partial charge is 0.392 e. The molecule has 47 valence electrons. The van der Waals surface area contributed by atoms with Crippen LogP contribution >= 0.6 is 0 Å². The van der Waals surface area contributed by atoms with Crippen molar-refractivity contribution in [2.75, 3.05) is 0 Å². The van der Waals surface area contributed by atoms with E-state index in [4.69, 9.17) is 5.11 Å². The quantitative estimate of drug-likeness (QED) is 0.594. The van der Waals surface area contributed by atoms with E-state index in [1.165, 1.54) is 0 Å². The molecule has 2 nitrogen and oxygen atoms in total. The Kier molecular flexibility index (Phi) is 1.80. The van der Waals surface area contributed by atoms with Crippen LogP contribution in [0.1, 0.15) is 11.1 Å². The summed E-state index contributed by atoms with van der Waals surface area (Å²) in [5.41, 5.74) is 1.90. The van der Waals surface area contributed by atoms with E-state index in [1.807, 2.05) is 6.92 Å². The minimum Gasteiger partial charge on any atom is -0.392 e. The summed E-state index contributed by atoms with van der Waals surface area (Å²) in [4.78, 5) is 3.76. The lowest BCUT2D eigenvalue weighted by Gasteiger charge is -1.96. The summed E-state index contributed by atoms with van der Waals surface area (Å²) in [6.07, 6.45) is 4.33. The van der Waals surface area contributed by atoms with Crippen molar-refractivity contribution in [3.05, 3.63) is 29.6 Å². The summed E-state index contributed by atoms with van der Waals surface area (Å²) >= 11 is 0. The van der Waals surface area contributed by atoms with Gasteiger partial charge in [0, 0.05) is 6.20 Å². The van der Waals surface area contributed by atoms with Gasteiger partial charge < -0.3 is 5.11 Å². The van der Waals surface area contributed by atoms with Crippen LogP contribution < -0.4 is 0 Å². The van der Waals surface area contributed by atoms with Crippen LogP contribution in [0.4, 0.5) is 0 Å². The molecule has 2 heteroatoms. The van der Waals surface area contributed by atoms with E-state index in [-0.39, 0.29) is 6.61 Å². The highest BCUT2D eigenvalue weighted by Gasteiger charge is 1.92. The van der Waals surface area contributed by atoms with E-state index in [9.17, 15) is 0 Å². The van der Waals surface area contributed by atoms with E-state index < -0.39 is 0 Å². The Balaban J connectivity index is 3.01. The molecule has 0 spiro atoms. The molecule has 1 rings (SSSR count). The molecule has 0 saturated carbocycles. The Hall–Kier alpha value is -0.890. The monoisotopic (exact) mass is 122 g/mol. The first-order valence-corrected chi connectivity index (χ1v) is 2.77. The van der Waals surface area contributed by atoms with Gasteiger partial charge in [-0.05, 0) is 24.1 Å². The van der Waals surface area contributed by atoms with Crippen molar-refractivity contribution in [1.82, 2.24) is 4.98 Å². The second-order valence-electron chi connectivity index (χ2n) is 1.90. The molecule has 0 aromatic carbocycles. The third-order valence-electron chi connectivity index (χ3n) is 1.25. The SMILES string of the molecule is Cc1cn[c]cc1CO. The lowest BCUT2D eigenvalue weighted by atomic mass is 10.2. The summed E-state index contributed by atoms with van der Waals surface area (Å²) in [5.74, 6) is 0. The van der Waals surface area contributed by atoms with Gasteiger partial charge in [0.15, 0.2) is 0 Å². The van der Waals surface area contributed by atoms with Crippen LogP contribution in [0.2, 0.25) is 0 Å². The standard InChI is InChI=1S/C7H8NO/c1-6-4-8-3-2-7(6)5-9/h2,4,9H,5H2,1H3. The minimum atomic E-state index is 0.0743. The van der Waals surface area contributed by atoms with Crippen molar-refractivity contribution >= 4 is 0 Å². The molecule has 1 radical (unpaired) electrons. The molecule has 0 unspecified atom stereocenters. The molecule has 0 amide bonds. The molecule has 0 fully saturated rings. The Morgan fingerprint density at radius 2 is 2.56 bits per heavy atom. The van der Waals surface area contributed by atoms with Crippen molar-refractivity contribution in [3.63, 3.8) is 0 Å². The van der Waals surface area contributed by atoms with Gasteiger partial charge >= 0.3 is 0 Å². The lowest BCUT2D eigenvalue weighted by molar-refractivity contribution is 0.281. The zero-order chi connectivity index (χ0) is 6.69. The van der Waals surface area contributed by atoms with E-state index in [0.29, 0.717) is 0 Å². The van der Waals surface area contributed by atoms with Crippen LogP contribution in [0.15, 0.2) is 12.3 Å². The normalized spacial score (nSPS) is 9.56. The fraction of sp³-hybridized carbons (Fsp3) is 0.286. The Labute approximate surface area is 54.2 Å². The van der Waals surface area contributed by atoms with Crippen LogP contribution in [0.3, 0.4) is 0 Å². The van der Waals surface area contributed by atoms with Crippen molar-refractivity contribution in [3.8, 4) is 0 Å². The molecule has 1 heterocycles. The number of rotatable bonds is 1. The molecule has 0 aliphatic rings. The molecule has 0 aliphatic heterocycles. The second-order valence-corrected chi connectivity index (χ2v) is 1.90. The van der Waals surface area contributed by atoms with Gasteiger partial charge in [-0.2, -0.15) is 0 Å². The van der Waals surface area contributed by atoms with Gasteiger partial charge in [-0.3, -0.25) is 4.98 Å². The number of hydrogen-bond acceptors (Lipinski definition) is 2. The summed E-state index contributed by atoms with van der Waals surface area (Å²) in [6.45, 7) is 1.98. The predicted octanol–water partition coefficient (Wildman–Crippen LogP) is 0.683. The first-order chi connectivity index (χ1) is 4.34. The smallest absolute Gasteiger partial charge is 0.0890 e. The van der Waals surface area contributed by atoms with Gasteiger partial charge in [0.25, 0.3) is 0 Å². The number of aromatic nitrogens is 1.